The van der Waals surface area contributed by atoms with Gasteiger partial charge in [-0.25, -0.2) is 19.3 Å². The molecule has 0 saturated carbocycles. The van der Waals surface area contributed by atoms with Gasteiger partial charge in [0, 0.05) is 44.9 Å². The number of hydrogen-bond donors (Lipinski definition) is 2. The first-order valence-corrected chi connectivity index (χ1v) is 11.7. The lowest BCUT2D eigenvalue weighted by Gasteiger charge is -2.11. The van der Waals surface area contributed by atoms with Gasteiger partial charge in [0.1, 0.15) is 5.82 Å². The van der Waals surface area contributed by atoms with E-state index in [0.717, 1.165) is 37.2 Å². The number of aromatic nitrogens is 4. The highest BCUT2D eigenvalue weighted by molar-refractivity contribution is 5.73. The molecule has 3 heterocycles. The van der Waals surface area contributed by atoms with Gasteiger partial charge in [-0.3, -0.25) is 4.57 Å². The highest BCUT2D eigenvalue weighted by Crippen LogP contribution is 2.30. The van der Waals surface area contributed by atoms with E-state index in [-0.39, 0.29) is 11.7 Å². The lowest BCUT2D eigenvalue weighted by Crippen LogP contribution is -2.36. The number of para-hydroxylation sites is 2. The molecule has 0 radical (unpaired) electrons. The van der Waals surface area contributed by atoms with E-state index in [1.165, 1.54) is 4.68 Å². The van der Waals surface area contributed by atoms with E-state index in [0.29, 0.717) is 50.0 Å². The third-order valence-corrected chi connectivity index (χ3v) is 5.48. The Bertz CT molecular complexity index is 1160. The van der Waals surface area contributed by atoms with E-state index in [1.54, 1.807) is 16.8 Å². The monoisotopic (exact) mass is 466 g/mol. The fourth-order valence-electron chi connectivity index (χ4n) is 3.77. The summed E-state index contributed by atoms with van der Waals surface area (Å²) in [7, 11) is 0. The molecular formula is C24H30N6O4. The largest absolute Gasteiger partial charge is 0.490 e. The van der Waals surface area contributed by atoms with Crippen LogP contribution in [-0.4, -0.2) is 38.5 Å². The minimum atomic E-state index is -0.276. The molecule has 3 aromatic rings. The summed E-state index contributed by atoms with van der Waals surface area (Å²) in [6, 6.07) is 10.7. The van der Waals surface area contributed by atoms with Crippen LogP contribution in [-0.2, 0) is 26.1 Å². The van der Waals surface area contributed by atoms with Crippen LogP contribution in [0.2, 0.25) is 0 Å². The summed E-state index contributed by atoms with van der Waals surface area (Å²) in [5.74, 6) is 2.56. The quantitative estimate of drug-likeness (QED) is 0.445. The van der Waals surface area contributed by atoms with Crippen LogP contribution < -0.4 is 25.8 Å². The number of carbonyl (C=O) groups excluding carboxylic acids is 1. The number of hydrogen-bond acceptors (Lipinski definition) is 6. The van der Waals surface area contributed by atoms with Crippen molar-refractivity contribution in [2.24, 2.45) is 0 Å². The summed E-state index contributed by atoms with van der Waals surface area (Å²) in [5.41, 5.74) is 0.788. The normalized spacial score (nSPS) is 12.6. The molecular weight excluding hydrogens is 436 g/mol. The molecule has 4 rings (SSSR count). The Labute approximate surface area is 197 Å². The van der Waals surface area contributed by atoms with Crippen LogP contribution in [0.3, 0.4) is 0 Å². The van der Waals surface area contributed by atoms with Crippen LogP contribution in [0.4, 0.5) is 4.79 Å². The molecule has 2 amide bonds. The average Bonchev–Trinajstić information content (AvgIpc) is 3.18. The molecule has 0 saturated heterocycles. The van der Waals surface area contributed by atoms with Crippen molar-refractivity contribution in [1.82, 2.24) is 30.0 Å². The number of nitrogens with zero attached hydrogens (tertiary/aromatic N) is 4. The lowest BCUT2D eigenvalue weighted by molar-refractivity contribution is 0.240. The second-order valence-electron chi connectivity index (χ2n) is 7.98. The van der Waals surface area contributed by atoms with Gasteiger partial charge in [-0.1, -0.05) is 18.2 Å². The molecule has 10 heteroatoms. The van der Waals surface area contributed by atoms with E-state index in [9.17, 15) is 9.59 Å². The van der Waals surface area contributed by atoms with Crippen LogP contribution in [0.1, 0.15) is 37.6 Å². The van der Waals surface area contributed by atoms with Crippen LogP contribution in [0.25, 0.3) is 0 Å². The summed E-state index contributed by atoms with van der Waals surface area (Å²) < 4.78 is 14.6. The number of benzene rings is 1. The van der Waals surface area contributed by atoms with Gasteiger partial charge in [0.25, 0.3) is 0 Å². The molecule has 180 valence electrons. The standard InChI is InChI=1S/C24H30N6O4/c1-2-33-19-8-3-4-9-20(19)34-22-12-11-18(16-26-22)17-27-23(31)25-13-7-15-30-24(32)29-14-6-5-10-21(29)28-30/h3-4,8-9,11-12,16H,2,5-7,10,13-15,17H2,1H3,(H2,25,27,31). The minimum absolute atomic E-state index is 0.0551. The molecule has 0 bridgehead atoms. The second kappa shape index (κ2) is 11.4. The maximum atomic E-state index is 12.3. The minimum Gasteiger partial charge on any atom is -0.490 e. The first-order chi connectivity index (χ1) is 16.6. The Hall–Kier alpha value is -3.82. The topological polar surface area (TPSA) is 112 Å². The Morgan fingerprint density at radius 1 is 1.12 bits per heavy atom. The first kappa shape index (κ1) is 23.3. The van der Waals surface area contributed by atoms with Crippen molar-refractivity contribution in [2.75, 3.05) is 13.2 Å². The van der Waals surface area contributed by atoms with E-state index >= 15 is 0 Å². The van der Waals surface area contributed by atoms with Gasteiger partial charge in [-0.05, 0) is 43.9 Å². The van der Waals surface area contributed by atoms with Crippen molar-refractivity contribution in [3.63, 3.8) is 0 Å². The fraction of sp³-hybridized carbons (Fsp3) is 0.417. The van der Waals surface area contributed by atoms with Crippen molar-refractivity contribution < 1.29 is 14.3 Å². The molecule has 1 aromatic carbocycles. The third-order valence-electron chi connectivity index (χ3n) is 5.48. The van der Waals surface area contributed by atoms with Crippen LogP contribution in [0, 0.1) is 0 Å². The maximum Gasteiger partial charge on any atom is 0.345 e. The summed E-state index contributed by atoms with van der Waals surface area (Å²) in [5, 5.41) is 10.0. The Balaban J connectivity index is 1.18. The Kier molecular flexibility index (Phi) is 7.79. The number of nitrogens with one attached hydrogen (secondary N) is 2. The van der Waals surface area contributed by atoms with Gasteiger partial charge in [-0.2, -0.15) is 5.10 Å². The van der Waals surface area contributed by atoms with Crippen molar-refractivity contribution in [1.29, 1.82) is 0 Å². The number of fused-ring (bicyclic) bond motifs is 1. The van der Waals surface area contributed by atoms with E-state index in [2.05, 4.69) is 20.7 Å². The molecule has 10 nitrogen and oxygen atoms in total. The van der Waals surface area contributed by atoms with Crippen molar-refractivity contribution in [2.45, 2.75) is 52.2 Å². The number of amides is 2. The van der Waals surface area contributed by atoms with Gasteiger partial charge in [0.05, 0.1) is 6.61 Å². The van der Waals surface area contributed by atoms with Crippen molar-refractivity contribution in [3.05, 3.63) is 64.5 Å². The fourth-order valence-corrected chi connectivity index (χ4v) is 3.77. The highest BCUT2D eigenvalue weighted by atomic mass is 16.5. The number of rotatable bonds is 10. The Morgan fingerprint density at radius 3 is 2.74 bits per heavy atom. The second-order valence-corrected chi connectivity index (χ2v) is 7.98. The van der Waals surface area contributed by atoms with Gasteiger partial charge in [0.15, 0.2) is 11.5 Å². The zero-order valence-corrected chi connectivity index (χ0v) is 19.3. The maximum absolute atomic E-state index is 12.3. The molecule has 34 heavy (non-hydrogen) atoms. The molecule has 0 unspecified atom stereocenters. The van der Waals surface area contributed by atoms with Gasteiger partial charge in [-0.15, -0.1) is 0 Å². The Morgan fingerprint density at radius 2 is 1.97 bits per heavy atom. The smallest absolute Gasteiger partial charge is 0.345 e. The number of carbonyl (C=O) groups is 1. The molecule has 2 aromatic heterocycles. The predicted molar refractivity (Wildman–Crippen MR) is 126 cm³/mol. The number of pyridine rings is 1. The lowest BCUT2D eigenvalue weighted by atomic mass is 10.2. The summed E-state index contributed by atoms with van der Waals surface area (Å²) in [4.78, 5) is 28.7. The zero-order valence-electron chi connectivity index (χ0n) is 19.3. The molecule has 1 aliphatic rings. The first-order valence-electron chi connectivity index (χ1n) is 11.7. The number of aryl methyl sites for hydroxylation is 2. The summed E-state index contributed by atoms with van der Waals surface area (Å²) >= 11 is 0. The number of ether oxygens (including phenoxy) is 2. The summed E-state index contributed by atoms with van der Waals surface area (Å²) in [6.07, 6.45) is 5.23. The predicted octanol–water partition coefficient (Wildman–Crippen LogP) is 2.86. The average molecular weight is 467 g/mol. The van der Waals surface area contributed by atoms with E-state index in [4.69, 9.17) is 9.47 Å². The van der Waals surface area contributed by atoms with Crippen molar-refractivity contribution in [3.8, 4) is 17.4 Å². The molecule has 0 aliphatic carbocycles. The highest BCUT2D eigenvalue weighted by Gasteiger charge is 2.16. The van der Waals surface area contributed by atoms with Gasteiger partial charge in [0.2, 0.25) is 5.88 Å². The van der Waals surface area contributed by atoms with E-state index < -0.39 is 0 Å². The van der Waals surface area contributed by atoms with E-state index in [1.807, 2.05) is 37.3 Å². The zero-order chi connectivity index (χ0) is 23.8. The van der Waals surface area contributed by atoms with Crippen molar-refractivity contribution >= 4 is 6.03 Å². The van der Waals surface area contributed by atoms with Crippen LogP contribution >= 0.6 is 0 Å². The third kappa shape index (κ3) is 5.94. The SMILES string of the molecule is CCOc1ccccc1Oc1ccc(CNC(=O)NCCCn2nc3n(c2=O)CCCC3)cn1. The summed E-state index contributed by atoms with van der Waals surface area (Å²) in [6.45, 7) is 4.48. The van der Waals surface area contributed by atoms with Crippen LogP contribution in [0.5, 0.6) is 17.4 Å². The molecule has 1 aliphatic heterocycles. The van der Waals surface area contributed by atoms with Gasteiger partial charge < -0.3 is 20.1 Å². The number of urea groups is 1. The molecule has 2 N–H and O–H groups in total. The van der Waals surface area contributed by atoms with Gasteiger partial charge >= 0.3 is 11.7 Å². The molecule has 0 fully saturated rings. The molecule has 0 spiro atoms. The molecule has 0 atom stereocenters. The van der Waals surface area contributed by atoms with Crippen LogP contribution in [0.15, 0.2) is 47.4 Å².